The van der Waals surface area contributed by atoms with Crippen molar-refractivity contribution >= 4 is 26.0 Å². The fourth-order valence-electron chi connectivity index (χ4n) is 1.19. The molecule has 1 rings (SSSR count). The van der Waals surface area contributed by atoms with Crippen molar-refractivity contribution in [3.8, 4) is 0 Å². The van der Waals surface area contributed by atoms with E-state index in [1.165, 1.54) is 0 Å². The number of benzene rings is 1. The molecule has 0 aliphatic carbocycles. The second-order valence-electron chi connectivity index (χ2n) is 4.76. The summed E-state index contributed by atoms with van der Waals surface area (Å²) >= 11 is 0. The van der Waals surface area contributed by atoms with E-state index in [9.17, 15) is 13.2 Å². The van der Waals surface area contributed by atoms with Gasteiger partial charge in [-0.3, -0.25) is 4.18 Å². The van der Waals surface area contributed by atoms with Crippen LogP contribution in [-0.2, 0) is 18.3 Å². The maximum Gasteiger partial charge on any atom is 0.355 e. The van der Waals surface area contributed by atoms with Gasteiger partial charge >= 0.3 is 15.3 Å². The fraction of sp³-hybridized carbons (Fsp3) is 0.417. The Morgan fingerprint density at radius 2 is 1.79 bits per heavy atom. The predicted molar refractivity (Wildman–Crippen MR) is 71.2 cm³/mol. The molecular formula is C12H15ClO5S. The SMILES string of the molecule is CC(C)(COC(=O)c1ccccc1)COS(=O)(=O)Cl. The van der Waals surface area contributed by atoms with Gasteiger partial charge in [0.2, 0.25) is 0 Å². The predicted octanol–water partition coefficient (Wildman–Crippen LogP) is 2.37. The molecule has 0 aliphatic rings. The van der Waals surface area contributed by atoms with E-state index < -0.39 is 20.7 Å². The molecule has 1 aromatic rings. The van der Waals surface area contributed by atoms with Crippen molar-refractivity contribution < 1.29 is 22.1 Å². The Hall–Kier alpha value is -1.11. The average molecular weight is 307 g/mol. The van der Waals surface area contributed by atoms with Crippen molar-refractivity contribution in [2.75, 3.05) is 13.2 Å². The number of carbonyl (C=O) groups excluding carboxylic acids is 1. The summed E-state index contributed by atoms with van der Waals surface area (Å²) in [6.07, 6.45) is 0. The fourth-order valence-corrected chi connectivity index (χ4v) is 1.78. The van der Waals surface area contributed by atoms with Gasteiger partial charge in [0.1, 0.15) is 0 Å². The lowest BCUT2D eigenvalue weighted by Gasteiger charge is -2.22. The number of carbonyl (C=O) groups is 1. The second-order valence-corrected chi connectivity index (χ2v) is 6.92. The molecule has 0 fully saturated rings. The Labute approximate surface area is 117 Å². The number of esters is 1. The molecular weight excluding hydrogens is 292 g/mol. The molecule has 0 bridgehead atoms. The zero-order valence-corrected chi connectivity index (χ0v) is 12.2. The lowest BCUT2D eigenvalue weighted by atomic mass is 9.96. The summed E-state index contributed by atoms with van der Waals surface area (Å²) in [6.45, 7) is 3.26. The molecule has 0 radical (unpaired) electrons. The maximum atomic E-state index is 11.7. The zero-order valence-electron chi connectivity index (χ0n) is 10.6. The molecule has 1 aromatic carbocycles. The molecule has 0 spiro atoms. The Morgan fingerprint density at radius 1 is 1.21 bits per heavy atom. The van der Waals surface area contributed by atoms with Crippen LogP contribution in [0, 0.1) is 5.41 Å². The van der Waals surface area contributed by atoms with E-state index in [0.29, 0.717) is 5.56 Å². The number of hydrogen-bond donors (Lipinski definition) is 0. The maximum absolute atomic E-state index is 11.7. The van der Waals surface area contributed by atoms with E-state index in [-0.39, 0.29) is 13.2 Å². The normalized spacial score (nSPS) is 12.2. The third kappa shape index (κ3) is 6.56. The minimum absolute atomic E-state index is 0.0210. The smallest absolute Gasteiger partial charge is 0.355 e. The van der Waals surface area contributed by atoms with Crippen LogP contribution in [0.1, 0.15) is 24.2 Å². The molecule has 0 aromatic heterocycles. The summed E-state index contributed by atoms with van der Waals surface area (Å²) in [7, 11) is 0.924. The summed E-state index contributed by atoms with van der Waals surface area (Å²) in [5, 5.41) is 0. The molecule has 0 heterocycles. The van der Waals surface area contributed by atoms with Crippen LogP contribution in [0.2, 0.25) is 0 Å². The molecule has 106 valence electrons. The molecule has 0 aliphatic heterocycles. The molecule has 0 atom stereocenters. The number of halogens is 1. The van der Waals surface area contributed by atoms with Crippen LogP contribution < -0.4 is 0 Å². The highest BCUT2D eigenvalue weighted by Crippen LogP contribution is 2.19. The third-order valence-corrected chi connectivity index (χ3v) is 2.86. The van der Waals surface area contributed by atoms with Gasteiger partial charge in [-0.1, -0.05) is 32.0 Å². The minimum atomic E-state index is -4.02. The van der Waals surface area contributed by atoms with E-state index in [1.807, 2.05) is 0 Å². The van der Waals surface area contributed by atoms with Crippen molar-refractivity contribution in [3.05, 3.63) is 35.9 Å². The molecule has 7 heteroatoms. The summed E-state index contributed by atoms with van der Waals surface area (Å²) in [4.78, 5) is 11.7. The van der Waals surface area contributed by atoms with Crippen LogP contribution in [0.15, 0.2) is 30.3 Å². The standard InChI is InChI=1S/C12H15ClO5S/c1-12(2,9-18-19(13,15)16)8-17-11(14)10-6-4-3-5-7-10/h3-7H,8-9H2,1-2H3. The third-order valence-electron chi connectivity index (χ3n) is 2.19. The van der Waals surface area contributed by atoms with Crippen LogP contribution in [0.3, 0.4) is 0 Å². The topological polar surface area (TPSA) is 69.7 Å². The first-order chi connectivity index (χ1) is 8.70. The van der Waals surface area contributed by atoms with Gasteiger partial charge < -0.3 is 4.74 Å². The highest BCUT2D eigenvalue weighted by Gasteiger charge is 2.24. The first-order valence-electron chi connectivity index (χ1n) is 5.51. The van der Waals surface area contributed by atoms with E-state index >= 15 is 0 Å². The van der Waals surface area contributed by atoms with Crippen LogP contribution in [0.25, 0.3) is 0 Å². The number of hydrogen-bond acceptors (Lipinski definition) is 5. The zero-order chi connectivity index (χ0) is 14.5. The molecule has 0 amide bonds. The molecule has 19 heavy (non-hydrogen) atoms. The van der Waals surface area contributed by atoms with Gasteiger partial charge in [-0.2, -0.15) is 8.42 Å². The first kappa shape index (κ1) is 15.9. The van der Waals surface area contributed by atoms with Crippen LogP contribution >= 0.6 is 10.7 Å². The van der Waals surface area contributed by atoms with Crippen LogP contribution in [0.4, 0.5) is 0 Å². The average Bonchev–Trinajstić information content (AvgIpc) is 2.34. The van der Waals surface area contributed by atoms with Crippen molar-refractivity contribution in [2.45, 2.75) is 13.8 Å². The quantitative estimate of drug-likeness (QED) is 0.596. The minimum Gasteiger partial charge on any atom is -0.461 e. The van der Waals surface area contributed by atoms with Crippen molar-refractivity contribution in [3.63, 3.8) is 0 Å². The van der Waals surface area contributed by atoms with Gasteiger partial charge in [-0.15, -0.1) is 0 Å². The van der Waals surface area contributed by atoms with E-state index in [1.54, 1.807) is 44.2 Å². The van der Waals surface area contributed by atoms with Crippen molar-refractivity contribution in [2.24, 2.45) is 5.41 Å². The van der Waals surface area contributed by atoms with Gasteiger partial charge in [-0.25, -0.2) is 4.79 Å². The second kappa shape index (κ2) is 6.36. The van der Waals surface area contributed by atoms with Gasteiger partial charge in [0, 0.05) is 16.1 Å². The highest BCUT2D eigenvalue weighted by molar-refractivity contribution is 8.09. The summed E-state index contributed by atoms with van der Waals surface area (Å²) in [5.41, 5.74) is -0.226. The van der Waals surface area contributed by atoms with Crippen molar-refractivity contribution in [1.29, 1.82) is 0 Å². The Kier molecular flexibility index (Phi) is 5.34. The summed E-state index contributed by atoms with van der Waals surface area (Å²) in [6, 6.07) is 8.51. The Balaban J connectivity index is 2.49. The van der Waals surface area contributed by atoms with Gasteiger partial charge in [0.05, 0.1) is 18.8 Å². The molecule has 0 N–H and O–H groups in total. The largest absolute Gasteiger partial charge is 0.461 e. The number of ether oxygens (including phenoxy) is 1. The van der Waals surface area contributed by atoms with Crippen molar-refractivity contribution in [1.82, 2.24) is 0 Å². The lowest BCUT2D eigenvalue weighted by molar-refractivity contribution is 0.0257. The lowest BCUT2D eigenvalue weighted by Crippen LogP contribution is -2.27. The molecule has 0 saturated carbocycles. The summed E-state index contributed by atoms with van der Waals surface area (Å²) < 4.78 is 30.9. The van der Waals surface area contributed by atoms with Gasteiger partial charge in [0.15, 0.2) is 0 Å². The molecule has 0 unspecified atom stereocenters. The van der Waals surface area contributed by atoms with E-state index in [4.69, 9.17) is 15.4 Å². The van der Waals surface area contributed by atoms with Crippen LogP contribution in [0.5, 0.6) is 0 Å². The summed E-state index contributed by atoms with van der Waals surface area (Å²) in [5.74, 6) is -0.470. The van der Waals surface area contributed by atoms with Gasteiger partial charge in [-0.05, 0) is 12.1 Å². The number of rotatable bonds is 6. The molecule has 5 nitrogen and oxygen atoms in total. The first-order valence-corrected chi connectivity index (χ1v) is 7.74. The molecule has 0 saturated heterocycles. The van der Waals surface area contributed by atoms with Gasteiger partial charge in [0.25, 0.3) is 0 Å². The highest BCUT2D eigenvalue weighted by atomic mass is 35.7. The monoisotopic (exact) mass is 306 g/mol. The van der Waals surface area contributed by atoms with E-state index in [0.717, 1.165) is 0 Å². The van der Waals surface area contributed by atoms with E-state index in [2.05, 4.69) is 4.18 Å². The Bertz CT molecular complexity index is 524. The van der Waals surface area contributed by atoms with Crippen LogP contribution in [-0.4, -0.2) is 27.6 Å². The Morgan fingerprint density at radius 3 is 2.32 bits per heavy atom.